The van der Waals surface area contributed by atoms with E-state index in [1.165, 1.54) is 18.4 Å². The van der Waals surface area contributed by atoms with Crippen LogP contribution in [-0.4, -0.2) is 11.7 Å². The minimum absolute atomic E-state index is 0.199. The first-order chi connectivity index (χ1) is 7.65. The zero-order valence-corrected chi connectivity index (χ0v) is 13.1. The van der Waals surface area contributed by atoms with Crippen LogP contribution in [0.4, 0.5) is 0 Å². The fraction of sp³-hybridized carbons (Fsp3) is 0.875. The van der Waals surface area contributed by atoms with E-state index in [4.69, 9.17) is 4.74 Å². The quantitative estimate of drug-likeness (QED) is 0.485. The number of rotatable bonds is 4. The average molecular weight is 240 g/mol. The lowest BCUT2D eigenvalue weighted by Crippen LogP contribution is -2.05. The summed E-state index contributed by atoms with van der Waals surface area (Å²) in [4.78, 5) is 0. The smallest absolute Gasteiger partial charge is 0.0892 e. The molecule has 1 heterocycles. The molecule has 1 unspecified atom stereocenters. The highest BCUT2D eigenvalue weighted by Gasteiger charge is 2.47. The summed E-state index contributed by atoms with van der Waals surface area (Å²) in [6, 6.07) is 0. The van der Waals surface area contributed by atoms with Gasteiger partial charge in [-0.2, -0.15) is 0 Å². The third kappa shape index (κ3) is 9.41. The van der Waals surface area contributed by atoms with Gasteiger partial charge in [-0.1, -0.05) is 39.3 Å². The third-order valence-electron chi connectivity index (χ3n) is 2.85. The molecule has 0 amide bonds. The van der Waals surface area contributed by atoms with Crippen molar-refractivity contribution in [2.75, 3.05) is 0 Å². The predicted octanol–water partition coefficient (Wildman–Crippen LogP) is 5.21. The molecule has 102 valence electrons. The molecule has 1 nitrogen and oxygen atoms in total. The summed E-state index contributed by atoms with van der Waals surface area (Å²) in [7, 11) is 0. The maximum absolute atomic E-state index is 5.42. The molecule has 0 N–H and O–H groups in total. The number of hydrogen-bond acceptors (Lipinski definition) is 1. The summed E-state index contributed by atoms with van der Waals surface area (Å²) in [6.45, 7) is 17.5. The Morgan fingerprint density at radius 2 is 1.59 bits per heavy atom. The molecule has 1 aliphatic rings. The summed E-state index contributed by atoms with van der Waals surface area (Å²) in [5.41, 5.74) is 1.63. The second-order valence-corrected chi connectivity index (χ2v) is 6.75. The highest BCUT2D eigenvalue weighted by atomic mass is 16.6. The molecule has 0 aromatic carbocycles. The zero-order chi connectivity index (χ0) is 13.6. The summed E-state index contributed by atoms with van der Waals surface area (Å²) in [5, 5.41) is 0. The second kappa shape index (κ2) is 7.20. The lowest BCUT2D eigenvalue weighted by molar-refractivity contribution is 0.312. The average Bonchev–Trinajstić information content (AvgIpc) is 2.70. The molecule has 1 heteroatoms. The molecule has 0 spiro atoms. The zero-order valence-electron chi connectivity index (χ0n) is 13.1. The van der Waals surface area contributed by atoms with E-state index in [1.54, 1.807) is 0 Å². The molecule has 17 heavy (non-hydrogen) atoms. The molecule has 1 atom stereocenters. The number of hydrogen-bond donors (Lipinski definition) is 0. The molecule has 0 bridgehead atoms. The van der Waals surface area contributed by atoms with Crippen LogP contribution in [0, 0.1) is 11.8 Å². The summed E-state index contributed by atoms with van der Waals surface area (Å²) >= 11 is 0. The van der Waals surface area contributed by atoms with E-state index in [9.17, 15) is 0 Å². The predicted molar refractivity (Wildman–Crippen MR) is 77.3 cm³/mol. The monoisotopic (exact) mass is 240 g/mol. The van der Waals surface area contributed by atoms with Gasteiger partial charge in [0.25, 0.3) is 0 Å². The number of ether oxygens (including phenoxy) is 1. The second-order valence-electron chi connectivity index (χ2n) is 6.75. The van der Waals surface area contributed by atoms with Crippen molar-refractivity contribution in [3.8, 4) is 0 Å². The van der Waals surface area contributed by atoms with E-state index < -0.39 is 0 Å². The molecule has 0 aliphatic carbocycles. The summed E-state index contributed by atoms with van der Waals surface area (Å²) < 4.78 is 5.42. The first-order valence-corrected chi connectivity index (χ1v) is 6.96. The Balaban J connectivity index is 0.000000304. The Labute approximate surface area is 109 Å². The molecule has 0 aromatic rings. The Morgan fingerprint density at radius 3 is 1.71 bits per heavy atom. The highest BCUT2D eigenvalue weighted by molar-refractivity contribution is 4.94. The van der Waals surface area contributed by atoms with Crippen molar-refractivity contribution < 1.29 is 4.74 Å². The molecule has 1 aliphatic heterocycles. The van der Waals surface area contributed by atoms with E-state index >= 15 is 0 Å². The molecular formula is C16H32O. The third-order valence-corrected chi connectivity index (χ3v) is 2.85. The van der Waals surface area contributed by atoms with Gasteiger partial charge in [-0.15, -0.1) is 0 Å². The van der Waals surface area contributed by atoms with E-state index in [2.05, 4.69) is 61.5 Å². The van der Waals surface area contributed by atoms with Crippen molar-refractivity contribution in [3.63, 3.8) is 0 Å². The lowest BCUT2D eigenvalue weighted by atomic mass is 10.0. The molecular weight excluding hydrogens is 208 g/mol. The van der Waals surface area contributed by atoms with E-state index in [0.717, 1.165) is 11.8 Å². The van der Waals surface area contributed by atoms with Crippen LogP contribution in [-0.2, 0) is 4.74 Å². The minimum Gasteiger partial charge on any atom is -0.367 e. The molecule has 0 aromatic heterocycles. The first-order valence-electron chi connectivity index (χ1n) is 6.96. The topological polar surface area (TPSA) is 12.5 Å². The highest BCUT2D eigenvalue weighted by Crippen LogP contribution is 2.39. The fourth-order valence-electron chi connectivity index (χ4n) is 1.56. The van der Waals surface area contributed by atoms with Crippen LogP contribution in [0.25, 0.3) is 0 Å². The Kier molecular flexibility index (Phi) is 7.08. The van der Waals surface area contributed by atoms with Crippen molar-refractivity contribution in [2.24, 2.45) is 11.8 Å². The van der Waals surface area contributed by atoms with E-state index in [-0.39, 0.29) is 5.60 Å². The summed E-state index contributed by atoms with van der Waals surface area (Å²) in [6.07, 6.45) is 5.26. The molecule has 0 radical (unpaired) electrons. The van der Waals surface area contributed by atoms with Gasteiger partial charge in [0.2, 0.25) is 0 Å². The van der Waals surface area contributed by atoms with Gasteiger partial charge in [0, 0.05) is 0 Å². The van der Waals surface area contributed by atoms with Crippen molar-refractivity contribution in [3.05, 3.63) is 11.6 Å². The first kappa shape index (κ1) is 16.7. The standard InChI is InChI=1S/C8H16O.C8H16/c1-6(2)5-7-8(3,4)9-7;1-7(2)5-6-8(3)4/h6-7H,5H2,1-4H3;5,8H,6H2,1-4H3. The van der Waals surface area contributed by atoms with Crippen molar-refractivity contribution in [1.82, 2.24) is 0 Å². The largest absolute Gasteiger partial charge is 0.367 e. The SMILES string of the molecule is CC(C)=CCC(C)C.CC(C)CC1OC1(C)C. The van der Waals surface area contributed by atoms with Gasteiger partial charge in [0.1, 0.15) is 0 Å². The van der Waals surface area contributed by atoms with Gasteiger partial charge < -0.3 is 4.74 Å². The van der Waals surface area contributed by atoms with Crippen molar-refractivity contribution in [2.45, 2.75) is 79.9 Å². The normalized spacial score (nSPS) is 20.9. The fourth-order valence-corrected chi connectivity index (χ4v) is 1.56. The minimum atomic E-state index is 0.199. The van der Waals surface area contributed by atoms with E-state index in [0.29, 0.717) is 6.10 Å². The van der Waals surface area contributed by atoms with Crippen LogP contribution in [0.5, 0.6) is 0 Å². The van der Waals surface area contributed by atoms with Crippen molar-refractivity contribution >= 4 is 0 Å². The van der Waals surface area contributed by atoms with Gasteiger partial charge in [-0.05, 0) is 52.4 Å². The molecule has 1 fully saturated rings. The van der Waals surface area contributed by atoms with Gasteiger partial charge in [-0.3, -0.25) is 0 Å². The maximum Gasteiger partial charge on any atom is 0.0892 e. The van der Waals surface area contributed by atoms with Crippen LogP contribution >= 0.6 is 0 Å². The Bertz CT molecular complexity index is 232. The van der Waals surface area contributed by atoms with Crippen LogP contribution < -0.4 is 0 Å². The number of epoxide rings is 1. The van der Waals surface area contributed by atoms with Gasteiger partial charge in [0.15, 0.2) is 0 Å². The van der Waals surface area contributed by atoms with Gasteiger partial charge >= 0.3 is 0 Å². The van der Waals surface area contributed by atoms with E-state index in [1.807, 2.05) is 0 Å². The van der Waals surface area contributed by atoms with Crippen LogP contribution in [0.1, 0.15) is 68.2 Å². The number of allylic oxidation sites excluding steroid dienone is 2. The maximum atomic E-state index is 5.42. The molecule has 1 rings (SSSR count). The molecule has 1 saturated heterocycles. The molecule has 0 saturated carbocycles. The van der Waals surface area contributed by atoms with Gasteiger partial charge in [0.05, 0.1) is 11.7 Å². The Hall–Kier alpha value is -0.300. The Morgan fingerprint density at radius 1 is 1.12 bits per heavy atom. The lowest BCUT2D eigenvalue weighted by Gasteiger charge is -1.99. The van der Waals surface area contributed by atoms with Crippen LogP contribution in [0.3, 0.4) is 0 Å². The van der Waals surface area contributed by atoms with Crippen LogP contribution in [0.2, 0.25) is 0 Å². The van der Waals surface area contributed by atoms with Crippen LogP contribution in [0.15, 0.2) is 11.6 Å². The van der Waals surface area contributed by atoms with Gasteiger partial charge in [-0.25, -0.2) is 0 Å². The summed E-state index contributed by atoms with van der Waals surface area (Å²) in [5.74, 6) is 1.58. The van der Waals surface area contributed by atoms with Crippen molar-refractivity contribution in [1.29, 1.82) is 0 Å².